The Hall–Kier alpha value is -0.670. The van der Waals surface area contributed by atoms with Crippen LogP contribution in [-0.2, 0) is 4.79 Å². The van der Waals surface area contributed by atoms with Crippen LogP contribution in [0.5, 0.6) is 0 Å². The van der Waals surface area contributed by atoms with E-state index in [-0.39, 0.29) is 12.8 Å². The molecule has 0 spiro atoms. The predicted molar refractivity (Wildman–Crippen MR) is 41.3 cm³/mol. The number of aliphatic carboxylic acids is 1. The van der Waals surface area contributed by atoms with Crippen LogP contribution in [0.1, 0.15) is 33.6 Å². The molecule has 0 aliphatic rings. The minimum absolute atomic E-state index is 0.281. The zero-order valence-corrected chi connectivity index (χ0v) is 7.53. The highest BCUT2D eigenvalue weighted by atomic mass is 19.3. The molecule has 0 radical (unpaired) electrons. The molecular formula is C8H14F2O2. The molecule has 12 heavy (non-hydrogen) atoms. The molecule has 0 aliphatic heterocycles. The van der Waals surface area contributed by atoms with Crippen molar-refractivity contribution in [3.05, 3.63) is 0 Å². The molecule has 2 nitrogen and oxygen atoms in total. The third-order valence-corrected chi connectivity index (χ3v) is 2.01. The van der Waals surface area contributed by atoms with Gasteiger partial charge in [0.15, 0.2) is 0 Å². The Morgan fingerprint density at radius 1 is 1.42 bits per heavy atom. The number of hydrogen-bond donors (Lipinski definition) is 1. The molecule has 0 aliphatic carbocycles. The summed E-state index contributed by atoms with van der Waals surface area (Å²) in [5.74, 6) is -4.59. The Kier molecular flexibility index (Phi) is 3.18. The van der Waals surface area contributed by atoms with Gasteiger partial charge in [-0.1, -0.05) is 13.3 Å². The molecule has 0 aromatic rings. The second-order valence-corrected chi connectivity index (χ2v) is 3.38. The van der Waals surface area contributed by atoms with Crippen molar-refractivity contribution < 1.29 is 18.7 Å². The summed E-state index contributed by atoms with van der Waals surface area (Å²) in [6, 6.07) is 0. The van der Waals surface area contributed by atoms with Gasteiger partial charge in [-0.2, -0.15) is 0 Å². The number of alkyl halides is 2. The molecular weight excluding hydrogens is 166 g/mol. The molecule has 72 valence electrons. The predicted octanol–water partition coefficient (Wildman–Crippen LogP) is 2.53. The lowest BCUT2D eigenvalue weighted by atomic mass is 9.83. The van der Waals surface area contributed by atoms with Gasteiger partial charge in [0.1, 0.15) is 5.41 Å². The number of hydrogen-bond acceptors (Lipinski definition) is 1. The van der Waals surface area contributed by atoms with Crippen molar-refractivity contribution in [3.63, 3.8) is 0 Å². The highest BCUT2D eigenvalue weighted by molar-refractivity contribution is 5.74. The quantitative estimate of drug-likeness (QED) is 0.721. The lowest BCUT2D eigenvalue weighted by Crippen LogP contribution is -2.42. The van der Waals surface area contributed by atoms with Crippen LogP contribution in [0.15, 0.2) is 0 Å². The molecule has 0 saturated carbocycles. The highest BCUT2D eigenvalue weighted by Gasteiger charge is 2.51. The lowest BCUT2D eigenvalue weighted by Gasteiger charge is -2.29. The van der Waals surface area contributed by atoms with Gasteiger partial charge in [-0.05, 0) is 13.8 Å². The number of carbonyl (C=O) groups is 1. The average Bonchev–Trinajstić information content (AvgIpc) is 1.86. The van der Waals surface area contributed by atoms with E-state index < -0.39 is 17.3 Å². The maximum Gasteiger partial charge on any atom is 0.315 e. The highest BCUT2D eigenvalue weighted by Crippen LogP contribution is 2.39. The van der Waals surface area contributed by atoms with Crippen LogP contribution in [0.4, 0.5) is 8.78 Å². The van der Waals surface area contributed by atoms with Gasteiger partial charge in [-0.15, -0.1) is 0 Å². The van der Waals surface area contributed by atoms with Crippen LogP contribution < -0.4 is 0 Å². The molecule has 0 saturated heterocycles. The monoisotopic (exact) mass is 180 g/mol. The summed E-state index contributed by atoms with van der Waals surface area (Å²) in [5, 5.41) is 8.52. The zero-order chi connectivity index (χ0) is 9.99. The summed E-state index contributed by atoms with van der Waals surface area (Å²) in [6.07, 6.45) is -0.101. The molecule has 0 heterocycles. The van der Waals surface area contributed by atoms with Crippen LogP contribution in [-0.4, -0.2) is 17.0 Å². The third-order valence-electron chi connectivity index (χ3n) is 2.01. The van der Waals surface area contributed by atoms with Gasteiger partial charge in [-0.3, -0.25) is 4.79 Å². The van der Waals surface area contributed by atoms with Crippen molar-refractivity contribution in [1.82, 2.24) is 0 Å². The van der Waals surface area contributed by atoms with Crippen molar-refractivity contribution in [3.8, 4) is 0 Å². The molecule has 4 heteroatoms. The van der Waals surface area contributed by atoms with Gasteiger partial charge in [0.05, 0.1) is 0 Å². The van der Waals surface area contributed by atoms with Crippen LogP contribution in [0.3, 0.4) is 0 Å². The smallest absolute Gasteiger partial charge is 0.315 e. The zero-order valence-electron chi connectivity index (χ0n) is 7.53. The Morgan fingerprint density at radius 3 is 2.08 bits per heavy atom. The fourth-order valence-electron chi connectivity index (χ4n) is 0.783. The number of carboxylic acid groups (broad SMARTS) is 1. The van der Waals surface area contributed by atoms with Gasteiger partial charge in [0, 0.05) is 6.42 Å². The standard InChI is InChI=1S/C8H14F2O2/c1-4-5-8(9,10)7(2,3)6(11)12/h4-5H2,1-3H3,(H,11,12). The van der Waals surface area contributed by atoms with E-state index in [4.69, 9.17) is 5.11 Å². The molecule has 0 rings (SSSR count). The van der Waals surface area contributed by atoms with Crippen LogP contribution >= 0.6 is 0 Å². The molecule has 1 N–H and O–H groups in total. The minimum Gasteiger partial charge on any atom is -0.481 e. The Labute approximate surface area is 70.6 Å². The first-order valence-electron chi connectivity index (χ1n) is 3.87. The summed E-state index contributed by atoms with van der Waals surface area (Å²) >= 11 is 0. The Morgan fingerprint density at radius 2 is 1.83 bits per heavy atom. The van der Waals surface area contributed by atoms with Crippen molar-refractivity contribution in [2.24, 2.45) is 5.41 Å². The number of carboxylic acids is 1. The largest absolute Gasteiger partial charge is 0.481 e. The van der Waals surface area contributed by atoms with Crippen molar-refractivity contribution >= 4 is 5.97 Å². The van der Waals surface area contributed by atoms with Crippen molar-refractivity contribution in [1.29, 1.82) is 0 Å². The van der Waals surface area contributed by atoms with Crippen LogP contribution in [0.2, 0.25) is 0 Å². The minimum atomic E-state index is -3.13. The van der Waals surface area contributed by atoms with E-state index in [2.05, 4.69) is 0 Å². The Balaban J connectivity index is 4.62. The van der Waals surface area contributed by atoms with Gasteiger partial charge in [0.2, 0.25) is 0 Å². The maximum atomic E-state index is 13.1. The SMILES string of the molecule is CCCC(F)(F)C(C)(C)C(=O)O. The first-order valence-corrected chi connectivity index (χ1v) is 3.87. The summed E-state index contributed by atoms with van der Waals surface area (Å²) in [7, 11) is 0. The first kappa shape index (κ1) is 11.3. The second-order valence-electron chi connectivity index (χ2n) is 3.38. The van der Waals surface area contributed by atoms with Crippen molar-refractivity contribution in [2.75, 3.05) is 0 Å². The molecule has 0 amide bonds. The average molecular weight is 180 g/mol. The van der Waals surface area contributed by atoms with E-state index in [9.17, 15) is 13.6 Å². The Bertz CT molecular complexity index is 176. The van der Waals surface area contributed by atoms with Crippen LogP contribution in [0, 0.1) is 5.41 Å². The molecule has 0 aromatic carbocycles. The summed E-state index contributed by atoms with van der Waals surface area (Å²) in [4.78, 5) is 10.5. The van der Waals surface area contributed by atoms with E-state index >= 15 is 0 Å². The van der Waals surface area contributed by atoms with E-state index in [1.165, 1.54) is 0 Å². The van der Waals surface area contributed by atoms with E-state index in [1.807, 2.05) is 0 Å². The number of rotatable bonds is 4. The fourth-order valence-corrected chi connectivity index (χ4v) is 0.783. The van der Waals surface area contributed by atoms with E-state index in [1.54, 1.807) is 6.92 Å². The summed E-state index contributed by atoms with van der Waals surface area (Å²) in [5.41, 5.74) is -1.97. The molecule has 0 atom stereocenters. The lowest BCUT2D eigenvalue weighted by molar-refractivity contribution is -0.174. The molecule has 0 fully saturated rings. The first-order chi connectivity index (χ1) is 5.25. The van der Waals surface area contributed by atoms with E-state index in [0.717, 1.165) is 13.8 Å². The molecule has 0 unspecified atom stereocenters. The van der Waals surface area contributed by atoms with Gasteiger partial charge >= 0.3 is 5.97 Å². The number of halogens is 2. The van der Waals surface area contributed by atoms with Gasteiger partial charge in [-0.25, -0.2) is 8.78 Å². The fraction of sp³-hybridized carbons (Fsp3) is 0.875. The van der Waals surface area contributed by atoms with Crippen LogP contribution in [0.25, 0.3) is 0 Å². The second kappa shape index (κ2) is 3.37. The topological polar surface area (TPSA) is 37.3 Å². The van der Waals surface area contributed by atoms with Gasteiger partial charge < -0.3 is 5.11 Å². The summed E-state index contributed by atoms with van der Waals surface area (Å²) < 4.78 is 26.1. The third kappa shape index (κ3) is 1.93. The summed E-state index contributed by atoms with van der Waals surface area (Å²) in [6.45, 7) is 3.70. The van der Waals surface area contributed by atoms with Gasteiger partial charge in [0.25, 0.3) is 5.92 Å². The maximum absolute atomic E-state index is 13.1. The normalized spacial score (nSPS) is 13.1. The molecule has 0 bridgehead atoms. The van der Waals surface area contributed by atoms with E-state index in [0.29, 0.717) is 0 Å². The molecule has 0 aromatic heterocycles. The van der Waals surface area contributed by atoms with Crippen molar-refractivity contribution in [2.45, 2.75) is 39.5 Å².